The van der Waals surface area contributed by atoms with Crippen molar-refractivity contribution in [1.82, 2.24) is 0 Å². The third-order valence-electron chi connectivity index (χ3n) is 4.45. The van der Waals surface area contributed by atoms with Crippen molar-refractivity contribution < 1.29 is 66.6 Å². The molecule has 0 aromatic heterocycles. The molecule has 3 nitrogen and oxygen atoms in total. The fraction of sp³-hybridized carbons (Fsp3) is 0.562. The molecule has 1 aliphatic rings. The molecule has 0 bridgehead atoms. The first-order chi connectivity index (χ1) is 14.3. The molecule has 0 radical (unpaired) electrons. The molecule has 32 heavy (non-hydrogen) atoms. The quantitative estimate of drug-likeness (QED) is 0.440. The lowest BCUT2D eigenvalue weighted by Gasteiger charge is -2.40. The summed E-state index contributed by atoms with van der Waals surface area (Å²) >= 11 is 0. The number of rotatable bonds is 7. The fourth-order valence-electron chi connectivity index (χ4n) is 2.51. The summed E-state index contributed by atoms with van der Waals surface area (Å²) in [6.07, 6.45) is -12.2. The van der Waals surface area contributed by atoms with E-state index in [0.29, 0.717) is 0 Å². The Kier molecular flexibility index (Phi) is 6.11. The topological polar surface area (TPSA) is 30.8 Å². The van der Waals surface area contributed by atoms with Gasteiger partial charge in [0.25, 0.3) is 0 Å². The van der Waals surface area contributed by atoms with Crippen molar-refractivity contribution in [3.8, 4) is 5.75 Å². The van der Waals surface area contributed by atoms with Crippen LogP contribution in [-0.4, -0.2) is 54.7 Å². The molecule has 0 unspecified atom stereocenters. The van der Waals surface area contributed by atoms with E-state index in [1.807, 2.05) is 0 Å². The zero-order chi connectivity index (χ0) is 25.0. The zero-order valence-corrected chi connectivity index (χ0v) is 15.3. The van der Waals surface area contributed by atoms with Crippen LogP contribution in [0.3, 0.4) is 0 Å². The highest BCUT2D eigenvalue weighted by Crippen LogP contribution is 2.61. The van der Waals surface area contributed by atoms with Gasteiger partial charge in [0.15, 0.2) is 0 Å². The summed E-state index contributed by atoms with van der Waals surface area (Å²) < 4.78 is 176. The average molecular weight is 495 g/mol. The largest absolute Gasteiger partial charge is 0.497 e. The van der Waals surface area contributed by atoms with E-state index in [9.17, 15) is 57.1 Å². The second kappa shape index (κ2) is 7.57. The van der Waals surface area contributed by atoms with Gasteiger partial charge in [0.1, 0.15) is 5.75 Å². The summed E-state index contributed by atoms with van der Waals surface area (Å²) in [6, 6.07) is 4.77. The van der Waals surface area contributed by atoms with Gasteiger partial charge in [-0.3, -0.25) is 0 Å². The first kappa shape index (κ1) is 25.8. The van der Waals surface area contributed by atoms with Crippen molar-refractivity contribution in [3.05, 3.63) is 29.8 Å². The van der Waals surface area contributed by atoms with Gasteiger partial charge < -0.3 is 9.57 Å². The Morgan fingerprint density at radius 2 is 1.22 bits per heavy atom. The SMILES string of the molecule is COc1ccc(C2=NO[C@@H](C(F)(F)C(F)(F)C(F)(F)C(F)(F)C(F)(F)C(F)(F)F)C2)cc1. The predicted molar refractivity (Wildman–Crippen MR) is 79.8 cm³/mol. The van der Waals surface area contributed by atoms with Crippen LogP contribution in [0.25, 0.3) is 0 Å². The van der Waals surface area contributed by atoms with E-state index in [1.165, 1.54) is 19.2 Å². The van der Waals surface area contributed by atoms with E-state index >= 15 is 0 Å². The summed E-state index contributed by atoms with van der Waals surface area (Å²) in [6.45, 7) is 0. The maximum Gasteiger partial charge on any atom is 0.460 e. The number of benzene rings is 1. The Balaban J connectivity index is 2.36. The van der Waals surface area contributed by atoms with Gasteiger partial charge in [-0.25, -0.2) is 0 Å². The molecular weight excluding hydrogens is 485 g/mol. The summed E-state index contributed by atoms with van der Waals surface area (Å²) in [5.41, 5.74) is -0.628. The third-order valence-corrected chi connectivity index (χ3v) is 4.45. The standard InChI is InChI=1S/C16H10F13NO2/c1-31-8-4-2-7(3-5-8)9-6-10(32-30-9)11(17,18)12(19,20)13(21,22)14(23,24)15(25,26)16(27,28)29/h2-5,10H,6H2,1H3/t10-/m1/s1. The molecule has 16 heteroatoms. The monoisotopic (exact) mass is 495 g/mol. The van der Waals surface area contributed by atoms with Crippen LogP contribution in [0, 0.1) is 0 Å². The average Bonchev–Trinajstić information content (AvgIpc) is 3.17. The number of ether oxygens (including phenoxy) is 1. The molecule has 2 rings (SSSR count). The van der Waals surface area contributed by atoms with E-state index in [-0.39, 0.29) is 11.3 Å². The van der Waals surface area contributed by atoms with Crippen molar-refractivity contribution in [2.24, 2.45) is 5.16 Å². The Hall–Kier alpha value is -2.42. The number of hydrogen-bond donors (Lipinski definition) is 0. The van der Waals surface area contributed by atoms with Gasteiger partial charge in [0.05, 0.1) is 12.8 Å². The van der Waals surface area contributed by atoms with Gasteiger partial charge in [0, 0.05) is 6.42 Å². The van der Waals surface area contributed by atoms with Crippen molar-refractivity contribution in [1.29, 1.82) is 0 Å². The molecule has 1 heterocycles. The molecule has 1 aromatic rings. The number of hydrogen-bond acceptors (Lipinski definition) is 3. The number of alkyl halides is 13. The first-order valence-corrected chi connectivity index (χ1v) is 8.08. The van der Waals surface area contributed by atoms with Crippen LogP contribution in [0.1, 0.15) is 12.0 Å². The lowest BCUT2D eigenvalue weighted by Crippen LogP contribution is -2.71. The molecule has 0 fully saturated rings. The normalized spacial score (nSPS) is 18.9. The molecule has 0 aliphatic carbocycles. The summed E-state index contributed by atoms with van der Waals surface area (Å²) in [5.74, 6) is -37.1. The minimum Gasteiger partial charge on any atom is -0.497 e. The van der Waals surface area contributed by atoms with Crippen LogP contribution in [0.15, 0.2) is 29.4 Å². The van der Waals surface area contributed by atoms with Crippen LogP contribution >= 0.6 is 0 Å². The van der Waals surface area contributed by atoms with Crippen molar-refractivity contribution in [2.75, 3.05) is 7.11 Å². The van der Waals surface area contributed by atoms with Crippen LogP contribution in [0.5, 0.6) is 5.75 Å². The van der Waals surface area contributed by atoms with Crippen LogP contribution < -0.4 is 4.74 Å². The molecule has 182 valence electrons. The Morgan fingerprint density at radius 1 is 0.750 bits per heavy atom. The van der Waals surface area contributed by atoms with Crippen molar-refractivity contribution in [2.45, 2.75) is 48.3 Å². The Labute approximate surface area is 169 Å². The predicted octanol–water partition coefficient (Wildman–Crippen LogP) is 5.93. The van der Waals surface area contributed by atoms with Crippen molar-refractivity contribution in [3.63, 3.8) is 0 Å². The molecule has 1 aliphatic heterocycles. The Morgan fingerprint density at radius 3 is 1.66 bits per heavy atom. The summed E-state index contributed by atoms with van der Waals surface area (Å²) in [4.78, 5) is 3.93. The van der Waals surface area contributed by atoms with Gasteiger partial charge in [-0.05, 0) is 29.8 Å². The molecular formula is C16H10F13NO2. The van der Waals surface area contributed by atoms with Gasteiger partial charge in [-0.2, -0.15) is 57.1 Å². The van der Waals surface area contributed by atoms with Crippen LogP contribution in [0.4, 0.5) is 57.1 Å². The van der Waals surface area contributed by atoms with Gasteiger partial charge in [-0.15, -0.1) is 0 Å². The maximum atomic E-state index is 14.1. The summed E-state index contributed by atoms with van der Waals surface area (Å²) in [7, 11) is 1.25. The van der Waals surface area contributed by atoms with Crippen LogP contribution in [-0.2, 0) is 4.84 Å². The number of methoxy groups -OCH3 is 1. The number of nitrogens with zero attached hydrogens (tertiary/aromatic N) is 1. The molecule has 1 atom stereocenters. The highest BCUT2D eigenvalue weighted by Gasteiger charge is 2.91. The molecule has 1 aromatic carbocycles. The number of halogens is 13. The van der Waals surface area contributed by atoms with Gasteiger partial charge in [0.2, 0.25) is 6.10 Å². The zero-order valence-electron chi connectivity index (χ0n) is 15.3. The smallest absolute Gasteiger partial charge is 0.460 e. The molecule has 0 amide bonds. The van der Waals surface area contributed by atoms with E-state index in [2.05, 4.69) is 9.99 Å². The summed E-state index contributed by atoms with van der Waals surface area (Å²) in [5, 5.41) is 2.96. The molecule has 0 N–H and O–H groups in total. The Bertz CT molecular complexity index is 862. The highest BCUT2D eigenvalue weighted by atomic mass is 19.4. The maximum absolute atomic E-state index is 14.1. The molecule has 0 saturated heterocycles. The van der Waals surface area contributed by atoms with E-state index in [4.69, 9.17) is 4.74 Å². The van der Waals surface area contributed by atoms with E-state index in [0.717, 1.165) is 12.1 Å². The number of oxime groups is 1. The second-order valence-electron chi connectivity index (χ2n) is 6.48. The minimum absolute atomic E-state index is 0.0758. The lowest BCUT2D eigenvalue weighted by molar-refractivity contribution is -0.444. The minimum atomic E-state index is -7.95. The molecule has 0 spiro atoms. The van der Waals surface area contributed by atoms with E-state index in [1.54, 1.807) is 0 Å². The first-order valence-electron chi connectivity index (χ1n) is 8.08. The highest BCUT2D eigenvalue weighted by molar-refractivity contribution is 6.01. The second-order valence-corrected chi connectivity index (χ2v) is 6.48. The lowest BCUT2D eigenvalue weighted by atomic mass is 9.89. The van der Waals surface area contributed by atoms with Gasteiger partial charge >= 0.3 is 35.8 Å². The molecule has 0 saturated carbocycles. The van der Waals surface area contributed by atoms with Gasteiger partial charge in [-0.1, -0.05) is 5.16 Å². The van der Waals surface area contributed by atoms with Crippen molar-refractivity contribution >= 4 is 5.71 Å². The van der Waals surface area contributed by atoms with E-state index < -0.39 is 54.0 Å². The third kappa shape index (κ3) is 3.60. The fourth-order valence-corrected chi connectivity index (χ4v) is 2.51. The van der Waals surface area contributed by atoms with Crippen LogP contribution in [0.2, 0.25) is 0 Å².